The molecule has 1 rings (SSSR count). The lowest BCUT2D eigenvalue weighted by molar-refractivity contribution is -0.137. The van der Waals surface area contributed by atoms with Gasteiger partial charge in [-0.3, -0.25) is 9.78 Å². The number of hydrogen-bond donors (Lipinski definition) is 2. The number of aromatic nitrogens is 1. The number of nitrogens with one attached hydrogen (secondary N) is 1. The summed E-state index contributed by atoms with van der Waals surface area (Å²) in [6.45, 7) is 0.0845. The summed E-state index contributed by atoms with van der Waals surface area (Å²) in [6, 6.07) is 1.42. The standard InChI is InChI=1S/C9H11BrN2O4S/c10-7-4-8(6-11-5-7)17(15,16)12-3-1-2-9(13)14/h4-6,12H,1-3H2,(H,13,14). The molecule has 0 saturated heterocycles. The van der Waals surface area contributed by atoms with Crippen molar-refractivity contribution in [3.8, 4) is 0 Å². The van der Waals surface area contributed by atoms with Crippen LogP contribution in [-0.4, -0.2) is 31.0 Å². The second-order valence-corrected chi connectivity index (χ2v) is 5.92. The van der Waals surface area contributed by atoms with Crippen molar-refractivity contribution >= 4 is 31.9 Å². The molecule has 17 heavy (non-hydrogen) atoms. The fourth-order valence-electron chi connectivity index (χ4n) is 1.07. The summed E-state index contributed by atoms with van der Waals surface area (Å²) in [5.74, 6) is -0.951. The van der Waals surface area contributed by atoms with Crippen LogP contribution in [0.5, 0.6) is 0 Å². The Morgan fingerprint density at radius 3 is 2.76 bits per heavy atom. The number of nitrogens with zero attached hydrogens (tertiary/aromatic N) is 1. The van der Waals surface area contributed by atoms with Crippen molar-refractivity contribution < 1.29 is 18.3 Å². The molecular formula is C9H11BrN2O4S. The minimum absolute atomic E-state index is 0.0437. The lowest BCUT2D eigenvalue weighted by Gasteiger charge is -2.05. The Bertz CT molecular complexity index is 503. The molecule has 94 valence electrons. The lowest BCUT2D eigenvalue weighted by atomic mass is 10.3. The number of rotatable bonds is 6. The normalized spacial score (nSPS) is 11.4. The third kappa shape index (κ3) is 4.80. The first-order chi connectivity index (χ1) is 7.92. The maximum Gasteiger partial charge on any atom is 0.303 e. The van der Waals surface area contributed by atoms with Gasteiger partial charge in [0.2, 0.25) is 10.0 Å². The molecule has 0 aliphatic rings. The molecule has 2 N–H and O–H groups in total. The first kappa shape index (κ1) is 14.1. The predicted octanol–water partition coefficient (Wildman–Crippen LogP) is 0.987. The van der Waals surface area contributed by atoms with Crippen molar-refractivity contribution in [3.05, 3.63) is 22.9 Å². The largest absolute Gasteiger partial charge is 0.481 e. The molecule has 0 unspecified atom stereocenters. The van der Waals surface area contributed by atoms with Gasteiger partial charge in [0.15, 0.2) is 0 Å². The molecule has 0 amide bonds. The molecule has 0 fully saturated rings. The molecule has 1 aromatic rings. The van der Waals surface area contributed by atoms with E-state index in [9.17, 15) is 13.2 Å². The van der Waals surface area contributed by atoms with Crippen molar-refractivity contribution in [2.45, 2.75) is 17.7 Å². The number of carboxylic acid groups (broad SMARTS) is 1. The van der Waals surface area contributed by atoms with Crippen LogP contribution in [0.15, 0.2) is 27.8 Å². The maximum absolute atomic E-state index is 11.7. The quantitative estimate of drug-likeness (QED) is 0.761. The van der Waals surface area contributed by atoms with E-state index in [2.05, 4.69) is 25.6 Å². The number of carbonyl (C=O) groups is 1. The van der Waals surface area contributed by atoms with Crippen LogP contribution in [0.2, 0.25) is 0 Å². The predicted molar refractivity (Wildman–Crippen MR) is 64.0 cm³/mol. The van der Waals surface area contributed by atoms with Crippen LogP contribution in [0.1, 0.15) is 12.8 Å². The minimum atomic E-state index is -3.62. The zero-order valence-electron chi connectivity index (χ0n) is 8.76. The Balaban J connectivity index is 2.60. The van der Waals surface area contributed by atoms with Crippen molar-refractivity contribution in [1.82, 2.24) is 9.71 Å². The van der Waals surface area contributed by atoms with Gasteiger partial charge >= 0.3 is 5.97 Å². The molecule has 0 aliphatic heterocycles. The van der Waals surface area contributed by atoms with E-state index in [0.29, 0.717) is 4.47 Å². The first-order valence-electron chi connectivity index (χ1n) is 4.74. The molecule has 0 saturated carbocycles. The van der Waals surface area contributed by atoms with Gasteiger partial charge in [-0.2, -0.15) is 0 Å². The molecule has 0 spiro atoms. The molecule has 0 bridgehead atoms. The zero-order valence-corrected chi connectivity index (χ0v) is 11.2. The molecule has 0 aromatic carbocycles. The highest BCUT2D eigenvalue weighted by molar-refractivity contribution is 9.10. The Morgan fingerprint density at radius 2 is 2.18 bits per heavy atom. The number of halogens is 1. The maximum atomic E-state index is 11.7. The highest BCUT2D eigenvalue weighted by atomic mass is 79.9. The van der Waals surface area contributed by atoms with Gasteiger partial charge in [-0.15, -0.1) is 0 Å². The van der Waals surface area contributed by atoms with Crippen molar-refractivity contribution in [2.75, 3.05) is 6.54 Å². The number of hydrogen-bond acceptors (Lipinski definition) is 4. The van der Waals surface area contributed by atoms with Crippen molar-refractivity contribution in [1.29, 1.82) is 0 Å². The van der Waals surface area contributed by atoms with Crippen LogP contribution in [0.3, 0.4) is 0 Å². The number of sulfonamides is 1. The summed E-state index contributed by atoms with van der Waals surface area (Å²) < 4.78 is 26.3. The Hall–Kier alpha value is -0.990. The highest BCUT2D eigenvalue weighted by Crippen LogP contribution is 2.13. The van der Waals surface area contributed by atoms with Crippen LogP contribution >= 0.6 is 15.9 Å². The van der Waals surface area contributed by atoms with Gasteiger partial charge in [0.1, 0.15) is 4.90 Å². The van der Waals surface area contributed by atoms with Crippen molar-refractivity contribution in [2.24, 2.45) is 0 Å². The van der Waals surface area contributed by atoms with Gasteiger partial charge in [-0.25, -0.2) is 13.1 Å². The molecular weight excluding hydrogens is 312 g/mol. The Kier molecular flexibility index (Phi) is 5.03. The van der Waals surface area contributed by atoms with Gasteiger partial charge in [-0.05, 0) is 28.4 Å². The molecule has 1 heterocycles. The fourth-order valence-corrected chi connectivity index (χ4v) is 2.65. The second kappa shape index (κ2) is 6.08. The number of pyridine rings is 1. The van der Waals surface area contributed by atoms with Gasteiger partial charge in [0, 0.05) is 29.8 Å². The molecule has 0 radical (unpaired) electrons. The summed E-state index contributed by atoms with van der Waals surface area (Å²) in [6.07, 6.45) is 2.88. The van der Waals surface area contributed by atoms with E-state index < -0.39 is 16.0 Å². The Morgan fingerprint density at radius 1 is 1.47 bits per heavy atom. The summed E-state index contributed by atoms with van der Waals surface area (Å²) >= 11 is 3.12. The fraction of sp³-hybridized carbons (Fsp3) is 0.333. The van der Waals surface area contributed by atoms with E-state index in [0.717, 1.165) is 0 Å². The van der Waals surface area contributed by atoms with Gasteiger partial charge in [0.25, 0.3) is 0 Å². The first-order valence-corrected chi connectivity index (χ1v) is 7.01. The van der Waals surface area contributed by atoms with E-state index in [4.69, 9.17) is 5.11 Å². The SMILES string of the molecule is O=C(O)CCCNS(=O)(=O)c1cncc(Br)c1. The van der Waals surface area contributed by atoms with Gasteiger partial charge in [0.05, 0.1) is 0 Å². The molecule has 8 heteroatoms. The van der Waals surface area contributed by atoms with E-state index in [-0.39, 0.29) is 24.3 Å². The summed E-state index contributed by atoms with van der Waals surface area (Å²) in [5.41, 5.74) is 0. The molecule has 0 aliphatic carbocycles. The van der Waals surface area contributed by atoms with E-state index in [1.165, 1.54) is 18.5 Å². The Labute approximate surface area is 107 Å². The second-order valence-electron chi connectivity index (χ2n) is 3.23. The van der Waals surface area contributed by atoms with Crippen LogP contribution in [-0.2, 0) is 14.8 Å². The summed E-state index contributed by atoms with van der Waals surface area (Å²) in [5, 5.41) is 8.40. The van der Waals surface area contributed by atoms with Crippen LogP contribution in [0.4, 0.5) is 0 Å². The molecule has 1 aromatic heterocycles. The van der Waals surface area contributed by atoms with Crippen LogP contribution in [0.25, 0.3) is 0 Å². The minimum Gasteiger partial charge on any atom is -0.481 e. The van der Waals surface area contributed by atoms with Gasteiger partial charge in [-0.1, -0.05) is 0 Å². The van der Waals surface area contributed by atoms with E-state index in [1.54, 1.807) is 0 Å². The topological polar surface area (TPSA) is 96.4 Å². The van der Waals surface area contributed by atoms with E-state index >= 15 is 0 Å². The average molecular weight is 323 g/mol. The molecule has 0 atom stereocenters. The monoisotopic (exact) mass is 322 g/mol. The average Bonchev–Trinajstić information content (AvgIpc) is 2.24. The lowest BCUT2D eigenvalue weighted by Crippen LogP contribution is -2.25. The third-order valence-corrected chi connectivity index (χ3v) is 3.71. The van der Waals surface area contributed by atoms with Gasteiger partial charge < -0.3 is 5.11 Å². The summed E-state index contributed by atoms with van der Waals surface area (Å²) in [4.78, 5) is 14.0. The third-order valence-electron chi connectivity index (χ3n) is 1.85. The smallest absolute Gasteiger partial charge is 0.303 e. The van der Waals surface area contributed by atoms with E-state index in [1.807, 2.05) is 0 Å². The van der Waals surface area contributed by atoms with Crippen molar-refractivity contribution in [3.63, 3.8) is 0 Å². The number of carboxylic acids is 1. The molecule has 6 nitrogen and oxygen atoms in total. The van der Waals surface area contributed by atoms with Crippen LogP contribution in [0, 0.1) is 0 Å². The van der Waals surface area contributed by atoms with Crippen LogP contribution < -0.4 is 4.72 Å². The summed E-state index contributed by atoms with van der Waals surface area (Å²) in [7, 11) is -3.62. The number of aliphatic carboxylic acids is 1. The zero-order chi connectivity index (χ0) is 12.9. The highest BCUT2D eigenvalue weighted by Gasteiger charge is 2.14.